The quantitative estimate of drug-likeness (QED) is 0.719. The molecule has 0 fully saturated rings. The molecule has 0 amide bonds. The third-order valence-corrected chi connectivity index (χ3v) is 4.10. The van der Waals surface area contributed by atoms with Crippen LogP contribution in [0.5, 0.6) is 0 Å². The maximum absolute atomic E-state index is 12.7. The summed E-state index contributed by atoms with van der Waals surface area (Å²) in [6, 6.07) is 11.8. The van der Waals surface area contributed by atoms with E-state index in [1.54, 1.807) is 18.5 Å². The van der Waals surface area contributed by atoms with Crippen molar-refractivity contribution >= 4 is 6.03 Å². The lowest BCUT2D eigenvalue weighted by Gasteiger charge is -2.08. The van der Waals surface area contributed by atoms with Gasteiger partial charge < -0.3 is 0 Å². The first-order valence-electron chi connectivity index (χ1n) is 8.42. The highest BCUT2D eigenvalue weighted by molar-refractivity contribution is 5.78. The van der Waals surface area contributed by atoms with Crippen molar-refractivity contribution in [3.8, 4) is 0 Å². The third-order valence-electron chi connectivity index (χ3n) is 4.10. The fourth-order valence-electron chi connectivity index (χ4n) is 2.95. The highest BCUT2D eigenvalue weighted by Gasteiger charge is 2.21. The van der Waals surface area contributed by atoms with E-state index in [0.717, 1.165) is 37.1 Å². The Balaban J connectivity index is 2.05. The molecule has 0 bridgehead atoms. The summed E-state index contributed by atoms with van der Waals surface area (Å²) < 4.78 is 2.87. The van der Waals surface area contributed by atoms with Crippen LogP contribution in [-0.2, 0) is 19.3 Å². The van der Waals surface area contributed by atoms with Crippen molar-refractivity contribution in [2.75, 3.05) is 0 Å². The number of aryl methyl sites for hydroxylation is 1. The van der Waals surface area contributed by atoms with Gasteiger partial charge in [-0.3, -0.25) is 0 Å². The molecule has 5 heteroatoms. The fourth-order valence-corrected chi connectivity index (χ4v) is 2.95. The van der Waals surface area contributed by atoms with E-state index in [2.05, 4.69) is 36.2 Å². The molecule has 0 atom stereocenters. The highest BCUT2D eigenvalue weighted by atomic mass is 16.2. The van der Waals surface area contributed by atoms with Crippen molar-refractivity contribution in [2.24, 2.45) is 0 Å². The Morgan fingerprint density at radius 2 is 1.92 bits per heavy atom. The minimum atomic E-state index is -0.225. The lowest BCUT2D eigenvalue weighted by Crippen LogP contribution is -2.23. The summed E-state index contributed by atoms with van der Waals surface area (Å²) in [5.74, 6) is 0. The van der Waals surface area contributed by atoms with Crippen molar-refractivity contribution in [1.29, 1.82) is 0 Å². The Kier molecular flexibility index (Phi) is 4.89. The van der Waals surface area contributed by atoms with Gasteiger partial charge in [0.25, 0.3) is 0 Å². The Morgan fingerprint density at radius 3 is 2.54 bits per heavy atom. The van der Waals surface area contributed by atoms with Gasteiger partial charge in [-0.1, -0.05) is 50.6 Å². The van der Waals surface area contributed by atoms with Gasteiger partial charge in [-0.15, -0.1) is 0 Å². The van der Waals surface area contributed by atoms with Crippen molar-refractivity contribution in [1.82, 2.24) is 19.6 Å². The van der Waals surface area contributed by atoms with Crippen LogP contribution in [0.25, 0.3) is 0 Å². The van der Waals surface area contributed by atoms with Crippen molar-refractivity contribution in [3.63, 3.8) is 0 Å². The first-order chi connectivity index (χ1) is 11.7. The van der Waals surface area contributed by atoms with Gasteiger partial charge in [-0.25, -0.2) is 4.79 Å². The normalized spacial score (nSPS) is 10.9. The smallest absolute Gasteiger partial charge is 0.244 e. The molecule has 24 heavy (non-hydrogen) atoms. The second-order valence-electron chi connectivity index (χ2n) is 5.78. The SMILES string of the molecule is CCCc1c(Cc2ccccc2)c(CC)nn1C(=O)n1cccn1. The number of benzene rings is 1. The average Bonchev–Trinajstić information content (AvgIpc) is 3.25. The van der Waals surface area contributed by atoms with E-state index in [-0.39, 0.29) is 6.03 Å². The topological polar surface area (TPSA) is 52.7 Å². The lowest BCUT2D eigenvalue weighted by molar-refractivity contribution is 0.237. The van der Waals surface area contributed by atoms with Gasteiger partial charge in [0.05, 0.1) is 11.4 Å². The van der Waals surface area contributed by atoms with Gasteiger partial charge in [-0.05, 0) is 24.5 Å². The highest BCUT2D eigenvalue weighted by Crippen LogP contribution is 2.21. The van der Waals surface area contributed by atoms with E-state index >= 15 is 0 Å². The molecule has 0 aliphatic rings. The maximum atomic E-state index is 12.7. The Morgan fingerprint density at radius 1 is 1.12 bits per heavy atom. The monoisotopic (exact) mass is 322 g/mol. The van der Waals surface area contributed by atoms with E-state index in [4.69, 9.17) is 0 Å². The molecule has 0 unspecified atom stereocenters. The van der Waals surface area contributed by atoms with Crippen LogP contribution in [0, 0.1) is 0 Å². The number of carbonyl (C=O) groups is 1. The van der Waals surface area contributed by atoms with E-state index in [9.17, 15) is 4.79 Å². The molecule has 0 aliphatic heterocycles. The van der Waals surface area contributed by atoms with Crippen LogP contribution >= 0.6 is 0 Å². The number of rotatable bonds is 5. The van der Waals surface area contributed by atoms with Crippen LogP contribution in [-0.4, -0.2) is 25.6 Å². The molecule has 2 aromatic heterocycles. The van der Waals surface area contributed by atoms with Crippen molar-refractivity contribution < 1.29 is 4.79 Å². The summed E-state index contributed by atoms with van der Waals surface area (Å²) in [6.45, 7) is 4.20. The first-order valence-corrected chi connectivity index (χ1v) is 8.42. The Labute approximate surface area is 141 Å². The fraction of sp³-hybridized carbons (Fsp3) is 0.316. The predicted octanol–water partition coefficient (Wildman–Crippen LogP) is 3.70. The van der Waals surface area contributed by atoms with Crippen molar-refractivity contribution in [3.05, 3.63) is 71.3 Å². The number of nitrogens with zero attached hydrogens (tertiary/aromatic N) is 4. The average molecular weight is 322 g/mol. The molecule has 0 saturated carbocycles. The van der Waals surface area contributed by atoms with Gasteiger partial charge in [0.2, 0.25) is 0 Å². The minimum absolute atomic E-state index is 0.225. The minimum Gasteiger partial charge on any atom is -0.244 e. The molecule has 5 nitrogen and oxygen atoms in total. The number of carbonyl (C=O) groups excluding carboxylic acids is 1. The third kappa shape index (κ3) is 3.15. The molecule has 2 heterocycles. The summed E-state index contributed by atoms with van der Waals surface area (Å²) in [5.41, 5.74) is 4.39. The summed E-state index contributed by atoms with van der Waals surface area (Å²) in [5, 5.41) is 8.65. The van der Waals surface area contributed by atoms with E-state index in [1.807, 2.05) is 18.2 Å². The molecule has 0 saturated heterocycles. The number of aromatic nitrogens is 4. The molecule has 0 N–H and O–H groups in total. The zero-order valence-corrected chi connectivity index (χ0v) is 14.1. The van der Waals surface area contributed by atoms with E-state index in [0.29, 0.717) is 0 Å². The standard InChI is InChI=1S/C19H22N4O/c1-3-9-18-16(14-15-10-6-5-7-11-15)17(4-2)21-23(18)19(24)22-13-8-12-20-22/h5-8,10-13H,3-4,9,14H2,1-2H3. The number of hydrogen-bond donors (Lipinski definition) is 0. The number of hydrogen-bond acceptors (Lipinski definition) is 3. The van der Waals surface area contributed by atoms with Gasteiger partial charge in [-0.2, -0.15) is 19.6 Å². The van der Waals surface area contributed by atoms with Crippen LogP contribution in [0.1, 0.15) is 42.8 Å². The Bertz CT molecular complexity index is 804. The van der Waals surface area contributed by atoms with Gasteiger partial charge in [0.15, 0.2) is 0 Å². The first kappa shape index (κ1) is 16.2. The molecule has 3 rings (SSSR count). The second kappa shape index (κ2) is 7.25. The molecule has 124 valence electrons. The van der Waals surface area contributed by atoms with Gasteiger partial charge >= 0.3 is 6.03 Å². The van der Waals surface area contributed by atoms with Crippen LogP contribution in [0.4, 0.5) is 4.79 Å². The molecular formula is C19H22N4O. The van der Waals surface area contributed by atoms with Crippen LogP contribution in [0.3, 0.4) is 0 Å². The van der Waals surface area contributed by atoms with E-state index in [1.165, 1.54) is 20.5 Å². The van der Waals surface area contributed by atoms with Crippen molar-refractivity contribution in [2.45, 2.75) is 39.5 Å². The zero-order chi connectivity index (χ0) is 16.9. The van der Waals surface area contributed by atoms with Crippen LogP contribution in [0.2, 0.25) is 0 Å². The summed E-state index contributed by atoms with van der Waals surface area (Å²) in [7, 11) is 0. The molecular weight excluding hydrogens is 300 g/mol. The molecule has 1 aromatic carbocycles. The zero-order valence-electron chi connectivity index (χ0n) is 14.1. The second-order valence-corrected chi connectivity index (χ2v) is 5.78. The summed E-state index contributed by atoms with van der Waals surface area (Å²) >= 11 is 0. The summed E-state index contributed by atoms with van der Waals surface area (Å²) in [6.07, 6.45) is 6.64. The maximum Gasteiger partial charge on any atom is 0.369 e. The molecule has 3 aromatic rings. The largest absolute Gasteiger partial charge is 0.369 e. The summed E-state index contributed by atoms with van der Waals surface area (Å²) in [4.78, 5) is 12.7. The van der Waals surface area contributed by atoms with Crippen LogP contribution < -0.4 is 0 Å². The predicted molar refractivity (Wildman–Crippen MR) is 93.3 cm³/mol. The lowest BCUT2D eigenvalue weighted by atomic mass is 10.00. The van der Waals surface area contributed by atoms with Crippen LogP contribution in [0.15, 0.2) is 48.8 Å². The van der Waals surface area contributed by atoms with Gasteiger partial charge in [0, 0.05) is 24.4 Å². The van der Waals surface area contributed by atoms with E-state index < -0.39 is 0 Å². The Hall–Kier alpha value is -2.69. The molecule has 0 aliphatic carbocycles. The molecule has 0 radical (unpaired) electrons. The molecule has 0 spiro atoms. The van der Waals surface area contributed by atoms with Gasteiger partial charge in [0.1, 0.15) is 0 Å².